The second-order valence-electron chi connectivity index (χ2n) is 4.44. The molecule has 0 amide bonds. The van der Waals surface area contributed by atoms with Crippen molar-refractivity contribution in [3.05, 3.63) is 47.5 Å². The standard InChI is InChI=1S/C16H19NO3/c1-11-6-13(5-4-12(11)10-17)20-16-8-14(18-2)7-15(9-16)19-3/h4-9H,10,17H2,1-3H3. The highest BCUT2D eigenvalue weighted by Gasteiger charge is 2.05. The van der Waals surface area contributed by atoms with E-state index in [0.29, 0.717) is 23.8 Å². The molecule has 0 saturated carbocycles. The van der Waals surface area contributed by atoms with Gasteiger partial charge in [-0.15, -0.1) is 0 Å². The van der Waals surface area contributed by atoms with Crippen molar-refractivity contribution >= 4 is 0 Å². The number of hydrogen-bond donors (Lipinski definition) is 1. The minimum Gasteiger partial charge on any atom is -0.496 e. The Labute approximate surface area is 119 Å². The Morgan fingerprint density at radius 1 is 0.850 bits per heavy atom. The molecule has 0 aliphatic heterocycles. The Morgan fingerprint density at radius 2 is 1.45 bits per heavy atom. The van der Waals surface area contributed by atoms with Crippen LogP contribution in [0.25, 0.3) is 0 Å². The predicted molar refractivity (Wildman–Crippen MR) is 78.7 cm³/mol. The van der Waals surface area contributed by atoms with Crippen molar-refractivity contribution in [1.82, 2.24) is 0 Å². The molecule has 2 aromatic carbocycles. The van der Waals surface area contributed by atoms with Gasteiger partial charge in [0.1, 0.15) is 23.0 Å². The van der Waals surface area contributed by atoms with Crippen molar-refractivity contribution in [1.29, 1.82) is 0 Å². The molecule has 0 fully saturated rings. The summed E-state index contributed by atoms with van der Waals surface area (Å²) >= 11 is 0. The molecule has 0 aliphatic carbocycles. The Balaban J connectivity index is 2.27. The van der Waals surface area contributed by atoms with Crippen molar-refractivity contribution in [3.63, 3.8) is 0 Å². The fraction of sp³-hybridized carbons (Fsp3) is 0.250. The van der Waals surface area contributed by atoms with Gasteiger partial charge in [0.25, 0.3) is 0 Å². The van der Waals surface area contributed by atoms with Crippen LogP contribution in [0.15, 0.2) is 36.4 Å². The maximum atomic E-state index is 5.84. The Morgan fingerprint density at radius 3 is 1.95 bits per heavy atom. The van der Waals surface area contributed by atoms with Crippen LogP contribution in [0.3, 0.4) is 0 Å². The fourth-order valence-corrected chi connectivity index (χ4v) is 1.94. The van der Waals surface area contributed by atoms with Crippen LogP contribution in [-0.4, -0.2) is 14.2 Å². The van der Waals surface area contributed by atoms with Gasteiger partial charge in [0.05, 0.1) is 14.2 Å². The molecule has 0 bridgehead atoms. The van der Waals surface area contributed by atoms with Crippen LogP contribution in [0.5, 0.6) is 23.0 Å². The largest absolute Gasteiger partial charge is 0.496 e. The quantitative estimate of drug-likeness (QED) is 0.908. The summed E-state index contributed by atoms with van der Waals surface area (Å²) in [7, 11) is 3.22. The van der Waals surface area contributed by atoms with Gasteiger partial charge in [0.2, 0.25) is 0 Å². The SMILES string of the molecule is COc1cc(OC)cc(Oc2ccc(CN)c(C)c2)c1. The predicted octanol–water partition coefficient (Wildman–Crippen LogP) is 3.26. The van der Waals surface area contributed by atoms with Gasteiger partial charge in [-0.25, -0.2) is 0 Å². The highest BCUT2D eigenvalue weighted by molar-refractivity contribution is 5.45. The first-order chi connectivity index (χ1) is 9.66. The number of nitrogens with two attached hydrogens (primary N) is 1. The van der Waals surface area contributed by atoms with Gasteiger partial charge < -0.3 is 19.9 Å². The molecule has 20 heavy (non-hydrogen) atoms. The summed E-state index contributed by atoms with van der Waals surface area (Å²) in [6, 6.07) is 11.3. The van der Waals surface area contributed by atoms with Crippen molar-refractivity contribution in [2.24, 2.45) is 5.73 Å². The molecule has 2 N–H and O–H groups in total. The molecule has 0 heterocycles. The zero-order chi connectivity index (χ0) is 14.5. The molecule has 2 aromatic rings. The lowest BCUT2D eigenvalue weighted by molar-refractivity contribution is 0.386. The van der Waals surface area contributed by atoms with Gasteiger partial charge in [-0.2, -0.15) is 0 Å². The van der Waals surface area contributed by atoms with Crippen molar-refractivity contribution in [3.8, 4) is 23.0 Å². The van der Waals surface area contributed by atoms with Gasteiger partial charge in [-0.3, -0.25) is 0 Å². The van der Waals surface area contributed by atoms with Gasteiger partial charge in [0, 0.05) is 24.7 Å². The van der Waals surface area contributed by atoms with Gasteiger partial charge >= 0.3 is 0 Å². The Bertz CT molecular complexity index is 574. The van der Waals surface area contributed by atoms with E-state index >= 15 is 0 Å². The lowest BCUT2D eigenvalue weighted by Gasteiger charge is -2.11. The van der Waals surface area contributed by atoms with Gasteiger partial charge in [0.15, 0.2) is 0 Å². The summed E-state index contributed by atoms with van der Waals surface area (Å²) in [6.07, 6.45) is 0. The molecule has 0 aromatic heterocycles. The smallest absolute Gasteiger partial charge is 0.134 e. The zero-order valence-corrected chi connectivity index (χ0v) is 12.0. The summed E-state index contributed by atoms with van der Waals surface area (Å²) in [4.78, 5) is 0. The molecule has 2 rings (SSSR count). The first-order valence-electron chi connectivity index (χ1n) is 6.36. The zero-order valence-electron chi connectivity index (χ0n) is 12.0. The summed E-state index contributed by atoms with van der Waals surface area (Å²) < 4.78 is 16.3. The van der Waals surface area contributed by atoms with Crippen LogP contribution in [0.2, 0.25) is 0 Å². The third-order valence-electron chi connectivity index (χ3n) is 3.09. The Kier molecular flexibility index (Phi) is 4.48. The second kappa shape index (κ2) is 6.30. The molecule has 0 saturated heterocycles. The van der Waals surface area contributed by atoms with Gasteiger partial charge in [-0.05, 0) is 30.2 Å². The van der Waals surface area contributed by atoms with Crippen LogP contribution in [0.4, 0.5) is 0 Å². The fourth-order valence-electron chi connectivity index (χ4n) is 1.94. The van der Waals surface area contributed by atoms with Crippen molar-refractivity contribution in [2.45, 2.75) is 13.5 Å². The normalized spacial score (nSPS) is 10.2. The second-order valence-corrected chi connectivity index (χ2v) is 4.44. The van der Waals surface area contributed by atoms with E-state index in [0.717, 1.165) is 16.9 Å². The molecule has 0 unspecified atom stereocenters. The average molecular weight is 273 g/mol. The van der Waals surface area contributed by atoms with E-state index in [4.69, 9.17) is 19.9 Å². The lowest BCUT2D eigenvalue weighted by Crippen LogP contribution is -1.99. The van der Waals surface area contributed by atoms with Crippen LogP contribution < -0.4 is 19.9 Å². The summed E-state index contributed by atoms with van der Waals surface area (Å²) in [6.45, 7) is 2.54. The number of methoxy groups -OCH3 is 2. The van der Waals surface area contributed by atoms with E-state index < -0.39 is 0 Å². The van der Waals surface area contributed by atoms with E-state index in [9.17, 15) is 0 Å². The molecule has 0 spiro atoms. The number of aryl methyl sites for hydroxylation is 1. The van der Waals surface area contributed by atoms with Gasteiger partial charge in [-0.1, -0.05) is 6.07 Å². The minimum absolute atomic E-state index is 0.527. The van der Waals surface area contributed by atoms with E-state index in [1.54, 1.807) is 20.3 Å². The number of benzene rings is 2. The highest BCUT2D eigenvalue weighted by Crippen LogP contribution is 2.31. The topological polar surface area (TPSA) is 53.7 Å². The lowest BCUT2D eigenvalue weighted by atomic mass is 10.1. The van der Waals surface area contributed by atoms with E-state index in [1.807, 2.05) is 37.3 Å². The van der Waals surface area contributed by atoms with E-state index in [2.05, 4.69) is 0 Å². The third kappa shape index (κ3) is 3.22. The minimum atomic E-state index is 0.527. The maximum absolute atomic E-state index is 5.84. The molecule has 4 heteroatoms. The molecule has 106 valence electrons. The van der Waals surface area contributed by atoms with Crippen molar-refractivity contribution in [2.75, 3.05) is 14.2 Å². The summed E-state index contributed by atoms with van der Waals surface area (Å²) in [5, 5.41) is 0. The molecular formula is C16H19NO3. The Hall–Kier alpha value is -2.20. The van der Waals surface area contributed by atoms with E-state index in [1.165, 1.54) is 0 Å². The molecule has 4 nitrogen and oxygen atoms in total. The van der Waals surface area contributed by atoms with Crippen molar-refractivity contribution < 1.29 is 14.2 Å². The number of rotatable bonds is 5. The molecule has 0 atom stereocenters. The average Bonchev–Trinajstić information content (AvgIpc) is 2.47. The first kappa shape index (κ1) is 14.2. The monoisotopic (exact) mass is 273 g/mol. The van der Waals surface area contributed by atoms with Crippen LogP contribution in [-0.2, 0) is 6.54 Å². The van der Waals surface area contributed by atoms with E-state index in [-0.39, 0.29) is 0 Å². The molecule has 0 radical (unpaired) electrons. The van der Waals surface area contributed by atoms with Crippen LogP contribution in [0, 0.1) is 6.92 Å². The number of ether oxygens (including phenoxy) is 3. The highest BCUT2D eigenvalue weighted by atomic mass is 16.5. The number of hydrogen-bond acceptors (Lipinski definition) is 4. The van der Waals surface area contributed by atoms with Crippen LogP contribution in [0.1, 0.15) is 11.1 Å². The summed E-state index contributed by atoms with van der Waals surface area (Å²) in [5.41, 5.74) is 7.88. The first-order valence-corrected chi connectivity index (χ1v) is 6.36. The maximum Gasteiger partial charge on any atom is 0.134 e. The van der Waals surface area contributed by atoms with Crippen LogP contribution >= 0.6 is 0 Å². The molecule has 0 aliphatic rings. The molecular weight excluding hydrogens is 254 g/mol. The summed E-state index contributed by atoms with van der Waals surface area (Å²) in [5.74, 6) is 2.81. The third-order valence-corrected chi connectivity index (χ3v) is 3.09.